The molecule has 2 N–H and O–H groups in total. The third kappa shape index (κ3) is 2.01. The first-order valence-electron chi connectivity index (χ1n) is 6.71. The smallest absolute Gasteiger partial charge is 0.328 e. The van der Waals surface area contributed by atoms with Gasteiger partial charge < -0.3 is 19.9 Å². The van der Waals surface area contributed by atoms with Gasteiger partial charge in [-0.3, -0.25) is 4.90 Å². The van der Waals surface area contributed by atoms with E-state index in [1.165, 1.54) is 0 Å². The molecule has 0 aromatic heterocycles. The number of nitrogens with zero attached hydrogens (tertiary/aromatic N) is 1. The van der Waals surface area contributed by atoms with Crippen LogP contribution in [0.3, 0.4) is 0 Å². The van der Waals surface area contributed by atoms with Crippen molar-refractivity contribution in [3.05, 3.63) is 23.8 Å². The highest BCUT2D eigenvalue weighted by Gasteiger charge is 2.42. The molecule has 2 aliphatic heterocycles. The van der Waals surface area contributed by atoms with Crippen LogP contribution < -0.4 is 14.8 Å². The van der Waals surface area contributed by atoms with E-state index in [-0.39, 0.29) is 6.79 Å². The summed E-state index contributed by atoms with van der Waals surface area (Å²) in [5, 5.41) is 13.0. The van der Waals surface area contributed by atoms with Crippen LogP contribution >= 0.6 is 0 Å². The molecule has 0 aliphatic carbocycles. The van der Waals surface area contributed by atoms with Gasteiger partial charge in [-0.05, 0) is 24.6 Å². The summed E-state index contributed by atoms with van der Waals surface area (Å²) in [6, 6.07) is 5.36. The number of nitrogens with one attached hydrogen (secondary N) is 1. The van der Waals surface area contributed by atoms with Crippen molar-refractivity contribution in [2.75, 3.05) is 33.0 Å². The molecule has 1 aromatic rings. The lowest BCUT2D eigenvalue weighted by Crippen LogP contribution is -2.56. The summed E-state index contributed by atoms with van der Waals surface area (Å²) in [5.41, 5.74) is -0.334. The van der Waals surface area contributed by atoms with Crippen LogP contribution in [-0.4, -0.2) is 48.9 Å². The first-order valence-corrected chi connectivity index (χ1v) is 6.71. The van der Waals surface area contributed by atoms with Crippen molar-refractivity contribution >= 4 is 5.97 Å². The Hall–Kier alpha value is -1.79. The van der Waals surface area contributed by atoms with E-state index in [2.05, 4.69) is 5.32 Å². The second-order valence-electron chi connectivity index (χ2n) is 5.18. The van der Waals surface area contributed by atoms with Crippen LogP contribution in [0.15, 0.2) is 18.2 Å². The van der Waals surface area contributed by atoms with Crippen molar-refractivity contribution in [2.24, 2.45) is 0 Å². The second-order valence-corrected chi connectivity index (χ2v) is 5.18. The Kier molecular flexibility index (Phi) is 3.27. The molecule has 20 heavy (non-hydrogen) atoms. The average Bonchev–Trinajstić information content (AvgIpc) is 2.94. The van der Waals surface area contributed by atoms with E-state index in [1.807, 2.05) is 11.0 Å². The van der Waals surface area contributed by atoms with Crippen molar-refractivity contribution < 1.29 is 19.4 Å². The number of piperazine rings is 1. The second kappa shape index (κ2) is 4.96. The summed E-state index contributed by atoms with van der Waals surface area (Å²) < 4.78 is 10.6. The van der Waals surface area contributed by atoms with Gasteiger partial charge in [0.2, 0.25) is 6.79 Å². The fourth-order valence-corrected chi connectivity index (χ4v) is 2.75. The van der Waals surface area contributed by atoms with Crippen LogP contribution in [0.1, 0.15) is 12.5 Å². The van der Waals surface area contributed by atoms with Gasteiger partial charge in [-0.15, -0.1) is 0 Å². The molecule has 108 valence electrons. The minimum atomic E-state index is -1.05. The van der Waals surface area contributed by atoms with Gasteiger partial charge in [-0.2, -0.15) is 0 Å². The van der Waals surface area contributed by atoms with Gasteiger partial charge in [-0.1, -0.05) is 6.07 Å². The van der Waals surface area contributed by atoms with Crippen LogP contribution in [-0.2, 0) is 10.3 Å². The molecule has 1 atom stereocenters. The van der Waals surface area contributed by atoms with Crippen molar-refractivity contribution in [1.29, 1.82) is 0 Å². The van der Waals surface area contributed by atoms with E-state index in [0.717, 1.165) is 18.7 Å². The molecule has 0 spiro atoms. The summed E-state index contributed by atoms with van der Waals surface area (Å²) in [7, 11) is 0. The number of hydrogen-bond acceptors (Lipinski definition) is 5. The van der Waals surface area contributed by atoms with Crippen molar-refractivity contribution in [3.8, 4) is 11.5 Å². The predicted octanol–water partition coefficient (Wildman–Crippen LogP) is 0.620. The van der Waals surface area contributed by atoms with E-state index in [0.29, 0.717) is 24.6 Å². The van der Waals surface area contributed by atoms with Crippen molar-refractivity contribution in [3.63, 3.8) is 0 Å². The van der Waals surface area contributed by atoms with Crippen LogP contribution in [0.4, 0.5) is 0 Å². The van der Waals surface area contributed by atoms with Crippen LogP contribution in [0.5, 0.6) is 11.5 Å². The third-order valence-corrected chi connectivity index (χ3v) is 4.10. The molecule has 0 amide bonds. The van der Waals surface area contributed by atoms with Crippen LogP contribution in [0.2, 0.25) is 0 Å². The number of fused-ring (bicyclic) bond motifs is 1. The molecule has 1 aromatic carbocycles. The molecule has 3 rings (SSSR count). The molecule has 1 fully saturated rings. The zero-order valence-corrected chi connectivity index (χ0v) is 11.4. The van der Waals surface area contributed by atoms with E-state index in [1.54, 1.807) is 19.1 Å². The monoisotopic (exact) mass is 278 g/mol. The maximum atomic E-state index is 11.9. The zero-order valence-electron chi connectivity index (χ0n) is 11.4. The number of hydrogen-bond donors (Lipinski definition) is 2. The maximum Gasteiger partial charge on any atom is 0.328 e. The highest BCUT2D eigenvalue weighted by Crippen LogP contribution is 2.38. The summed E-state index contributed by atoms with van der Waals surface area (Å²) in [4.78, 5) is 13.9. The highest BCUT2D eigenvalue weighted by atomic mass is 16.7. The van der Waals surface area contributed by atoms with E-state index < -0.39 is 11.5 Å². The normalized spacial score (nSPS) is 21.4. The fourth-order valence-electron chi connectivity index (χ4n) is 2.75. The Morgan fingerprint density at radius 3 is 2.70 bits per heavy atom. The molecule has 6 heteroatoms. The Morgan fingerprint density at radius 2 is 2.00 bits per heavy atom. The van der Waals surface area contributed by atoms with Gasteiger partial charge in [0.25, 0.3) is 0 Å². The molecule has 6 nitrogen and oxygen atoms in total. The van der Waals surface area contributed by atoms with Crippen molar-refractivity contribution in [2.45, 2.75) is 12.5 Å². The molecular formula is C14H18N2O4. The molecule has 2 heterocycles. The highest BCUT2D eigenvalue weighted by molar-refractivity contribution is 5.80. The lowest BCUT2D eigenvalue weighted by atomic mass is 9.89. The standard InChI is InChI=1S/C14H18N2O4/c1-14(13(17)18,16-6-4-15-5-7-16)10-2-3-11-12(8-10)20-9-19-11/h2-3,8,15H,4-7,9H2,1H3,(H,17,18). The average molecular weight is 278 g/mol. The van der Waals surface area contributed by atoms with E-state index in [9.17, 15) is 9.90 Å². The van der Waals surface area contributed by atoms with Gasteiger partial charge in [0.15, 0.2) is 11.5 Å². The van der Waals surface area contributed by atoms with Gasteiger partial charge in [-0.25, -0.2) is 4.79 Å². The topological polar surface area (TPSA) is 71.0 Å². The third-order valence-electron chi connectivity index (χ3n) is 4.10. The first kappa shape index (κ1) is 13.2. The Labute approximate surface area is 117 Å². The predicted molar refractivity (Wildman–Crippen MR) is 72.0 cm³/mol. The van der Waals surface area contributed by atoms with Gasteiger partial charge in [0.1, 0.15) is 5.54 Å². The molecule has 0 bridgehead atoms. The largest absolute Gasteiger partial charge is 0.480 e. The van der Waals surface area contributed by atoms with Crippen LogP contribution in [0, 0.1) is 0 Å². The molecule has 2 aliphatic rings. The number of carboxylic acids is 1. The van der Waals surface area contributed by atoms with Gasteiger partial charge >= 0.3 is 5.97 Å². The summed E-state index contributed by atoms with van der Waals surface area (Å²) >= 11 is 0. The summed E-state index contributed by atoms with van der Waals surface area (Å²) in [5.74, 6) is 0.435. The lowest BCUT2D eigenvalue weighted by Gasteiger charge is -2.40. The van der Waals surface area contributed by atoms with E-state index >= 15 is 0 Å². The molecule has 1 unspecified atom stereocenters. The number of carboxylic acid groups (broad SMARTS) is 1. The minimum absolute atomic E-state index is 0.191. The molecule has 0 saturated carbocycles. The molecular weight excluding hydrogens is 260 g/mol. The van der Waals surface area contributed by atoms with Crippen LogP contribution in [0.25, 0.3) is 0 Å². The Balaban J connectivity index is 1.99. The number of rotatable bonds is 3. The van der Waals surface area contributed by atoms with Crippen molar-refractivity contribution in [1.82, 2.24) is 10.2 Å². The molecule has 1 saturated heterocycles. The van der Waals surface area contributed by atoms with Gasteiger partial charge in [0, 0.05) is 26.2 Å². The lowest BCUT2D eigenvalue weighted by molar-refractivity contribution is -0.151. The molecule has 0 radical (unpaired) electrons. The van der Waals surface area contributed by atoms with Gasteiger partial charge in [0.05, 0.1) is 0 Å². The summed E-state index contributed by atoms with van der Waals surface area (Å²) in [6.07, 6.45) is 0. The first-order chi connectivity index (χ1) is 9.62. The van der Waals surface area contributed by atoms with E-state index in [4.69, 9.17) is 9.47 Å². The number of carbonyl (C=O) groups is 1. The number of aliphatic carboxylic acids is 1. The SMILES string of the molecule is CC(C(=O)O)(c1ccc2c(c1)OCO2)N1CCNCC1. The number of ether oxygens (including phenoxy) is 2. The quantitative estimate of drug-likeness (QED) is 0.844. The summed E-state index contributed by atoms with van der Waals surface area (Å²) in [6.45, 7) is 4.95. The Morgan fingerprint density at radius 1 is 1.30 bits per heavy atom. The minimum Gasteiger partial charge on any atom is -0.480 e. The Bertz CT molecular complexity index is 528. The maximum absolute atomic E-state index is 11.9. The zero-order chi connectivity index (χ0) is 14.2. The fraction of sp³-hybridized carbons (Fsp3) is 0.500. The number of benzene rings is 1.